The van der Waals surface area contributed by atoms with Crippen molar-refractivity contribution in [3.05, 3.63) is 0 Å². The molecule has 0 atom stereocenters. The number of rotatable bonds is 0. The smallest absolute Gasteiger partial charge is 0 e. The third-order valence-corrected chi connectivity index (χ3v) is 0. The van der Waals surface area contributed by atoms with Gasteiger partial charge >= 0.3 is 0 Å². The quantitative estimate of drug-likeness (QED) is 0.368. The molecule has 0 fully saturated rings. The van der Waals surface area contributed by atoms with Crippen molar-refractivity contribution in [1.29, 1.82) is 0 Å². The summed E-state index contributed by atoms with van der Waals surface area (Å²) in [6.45, 7) is 0. The second-order valence-corrected chi connectivity index (χ2v) is 0. The van der Waals surface area contributed by atoms with Gasteiger partial charge in [-0.05, 0) is 0 Å². The van der Waals surface area contributed by atoms with Crippen molar-refractivity contribution < 1.29 is 64.2 Å². The van der Waals surface area contributed by atoms with Gasteiger partial charge < -0.3 is 0 Å². The zero-order valence-electron chi connectivity index (χ0n) is 1.78. The fourth-order valence-corrected chi connectivity index (χ4v) is 0. The first-order valence-electron chi connectivity index (χ1n) is 0. The van der Waals surface area contributed by atoms with Gasteiger partial charge in [-0.25, -0.2) is 0 Å². The second-order valence-electron chi connectivity index (χ2n) is 0. The average Bonchev–Trinajstić information content (AvgIpc) is 0. The van der Waals surface area contributed by atoms with Crippen LogP contribution in [0.15, 0.2) is 0 Å². The Kier molecular flexibility index (Phi) is 120. The summed E-state index contributed by atoms with van der Waals surface area (Å²) >= 11 is 0. The van der Waals surface area contributed by atoms with Gasteiger partial charge in [-0.3, -0.25) is 0 Å². The predicted octanol–water partition coefficient (Wildman–Crippen LogP) is -0.388. The first-order chi connectivity index (χ1) is 0. The molecule has 0 spiro atoms. The molecule has 0 heterocycles. The molecule has 0 bridgehead atoms. The van der Waals surface area contributed by atoms with Crippen LogP contribution in [0.25, 0.3) is 0 Å². The second kappa shape index (κ2) is 16.8. The molecule has 4 heteroatoms. The molecule has 0 aromatic rings. The van der Waals surface area contributed by atoms with Crippen LogP contribution in [0.3, 0.4) is 0 Å². The van der Waals surface area contributed by atoms with Crippen LogP contribution in [-0.2, 0) is 64.2 Å². The summed E-state index contributed by atoms with van der Waals surface area (Å²) in [5.41, 5.74) is 0. The van der Waals surface area contributed by atoms with E-state index >= 15 is 0 Å². The predicted molar refractivity (Wildman–Crippen MR) is 5.75 cm³/mol. The molecule has 0 aromatic carbocycles. The SMILES string of the molecule is [Ir].[Sn].[Ta].[Ti]. The van der Waals surface area contributed by atoms with Gasteiger partial charge in [-0.15, -0.1) is 0 Å². The van der Waals surface area contributed by atoms with E-state index < -0.39 is 0 Å². The minimum absolute atomic E-state index is 0. The summed E-state index contributed by atoms with van der Waals surface area (Å²) in [6, 6.07) is 0. The maximum Gasteiger partial charge on any atom is 0 e. The minimum Gasteiger partial charge on any atom is 0 e. The first-order valence-corrected chi connectivity index (χ1v) is 0. The molecule has 0 aliphatic rings. The normalized spacial score (nSPS) is 0. The van der Waals surface area contributed by atoms with Crippen LogP contribution in [0, 0.1) is 0 Å². The molecule has 0 saturated carbocycles. The largest absolute Gasteiger partial charge is 0 e. The van der Waals surface area contributed by atoms with E-state index in [2.05, 4.69) is 0 Å². The van der Waals surface area contributed by atoms with Crippen LogP contribution in [0.5, 0.6) is 0 Å². The van der Waals surface area contributed by atoms with E-state index in [-0.39, 0.29) is 88.1 Å². The fourth-order valence-electron chi connectivity index (χ4n) is 0. The standard InChI is InChI=1S/Ir.Sn.Ta.Ti. The molecule has 0 aliphatic heterocycles. The van der Waals surface area contributed by atoms with Gasteiger partial charge in [0.15, 0.2) is 0 Å². The zero-order chi connectivity index (χ0) is 0. The van der Waals surface area contributed by atoms with Gasteiger partial charge in [0.2, 0.25) is 0 Å². The molecular formula is IrSnTaTi. The van der Waals surface area contributed by atoms with Gasteiger partial charge in [0.05, 0.1) is 0 Å². The summed E-state index contributed by atoms with van der Waals surface area (Å²) < 4.78 is 0. The Morgan fingerprint density at radius 3 is 1.00 bits per heavy atom. The maximum atomic E-state index is 0. The summed E-state index contributed by atoms with van der Waals surface area (Å²) in [4.78, 5) is 0. The van der Waals surface area contributed by atoms with E-state index in [1.807, 2.05) is 0 Å². The van der Waals surface area contributed by atoms with E-state index in [1.165, 1.54) is 0 Å². The Labute approximate surface area is 86.6 Å². The van der Waals surface area contributed by atoms with Crippen molar-refractivity contribution in [1.82, 2.24) is 0 Å². The van der Waals surface area contributed by atoms with Gasteiger partial charge in [-0.2, -0.15) is 0 Å². The van der Waals surface area contributed by atoms with E-state index in [1.54, 1.807) is 0 Å². The van der Waals surface area contributed by atoms with Gasteiger partial charge in [-0.1, -0.05) is 0 Å². The summed E-state index contributed by atoms with van der Waals surface area (Å²) in [7, 11) is 0. The molecule has 0 rings (SSSR count). The summed E-state index contributed by atoms with van der Waals surface area (Å²) in [5.74, 6) is 0. The van der Waals surface area contributed by atoms with Crippen molar-refractivity contribution >= 4 is 23.9 Å². The monoisotopic (exact) mass is 542 g/mol. The Morgan fingerprint density at radius 2 is 1.00 bits per heavy atom. The maximum absolute atomic E-state index is 0. The van der Waals surface area contributed by atoms with Crippen molar-refractivity contribution in [2.45, 2.75) is 0 Å². The fraction of sp³-hybridized carbons (Fsp3) is 0. The van der Waals surface area contributed by atoms with Crippen LogP contribution in [-0.4, -0.2) is 23.9 Å². The Balaban J connectivity index is 0. The molecule has 0 aromatic heterocycles. The summed E-state index contributed by atoms with van der Waals surface area (Å²) in [6.07, 6.45) is 0. The molecule has 0 unspecified atom stereocenters. The molecule has 6 radical (unpaired) electrons. The Hall–Kier alpha value is 2.90. The van der Waals surface area contributed by atoms with Crippen molar-refractivity contribution in [3.63, 3.8) is 0 Å². The van der Waals surface area contributed by atoms with E-state index in [9.17, 15) is 0 Å². The molecule has 4 heavy (non-hydrogen) atoms. The Morgan fingerprint density at radius 1 is 1.00 bits per heavy atom. The molecule has 0 saturated heterocycles. The van der Waals surface area contributed by atoms with Gasteiger partial charge in [0.25, 0.3) is 0 Å². The van der Waals surface area contributed by atoms with Crippen LogP contribution in [0.2, 0.25) is 0 Å². The molecule has 22 valence electrons. The minimum atomic E-state index is 0. The molecule has 0 amide bonds. The van der Waals surface area contributed by atoms with Crippen molar-refractivity contribution in [2.75, 3.05) is 0 Å². The van der Waals surface area contributed by atoms with Crippen LogP contribution in [0.1, 0.15) is 0 Å². The molecule has 0 nitrogen and oxygen atoms in total. The van der Waals surface area contributed by atoms with E-state index in [0.29, 0.717) is 0 Å². The van der Waals surface area contributed by atoms with Crippen molar-refractivity contribution in [2.24, 2.45) is 0 Å². The first kappa shape index (κ1) is 28.5. The molecule has 0 aliphatic carbocycles. The molecule has 0 N–H and O–H groups in total. The van der Waals surface area contributed by atoms with Crippen LogP contribution in [0.4, 0.5) is 0 Å². The Bertz CT molecular complexity index is 8.00. The summed E-state index contributed by atoms with van der Waals surface area (Å²) in [5, 5.41) is 0. The third-order valence-electron chi connectivity index (χ3n) is 0. The van der Waals surface area contributed by atoms with E-state index in [0.717, 1.165) is 0 Å². The van der Waals surface area contributed by atoms with Crippen LogP contribution >= 0.6 is 0 Å². The number of hydrogen-bond donors (Lipinski definition) is 0. The van der Waals surface area contributed by atoms with E-state index in [4.69, 9.17) is 0 Å². The topological polar surface area (TPSA) is 0 Å². The van der Waals surface area contributed by atoms with Gasteiger partial charge in [0, 0.05) is 88.1 Å². The third kappa shape index (κ3) is 8.86. The molecular weight excluding hydrogens is 540 g/mol. The van der Waals surface area contributed by atoms with Crippen LogP contribution < -0.4 is 0 Å². The van der Waals surface area contributed by atoms with Crippen molar-refractivity contribution in [3.8, 4) is 0 Å². The zero-order valence-corrected chi connectivity index (χ0v) is 11.8. The van der Waals surface area contributed by atoms with Gasteiger partial charge in [0.1, 0.15) is 0 Å². The number of hydrogen-bond acceptors (Lipinski definition) is 0. The average molecular weight is 540 g/mol.